The number of hydrogen-bond donors (Lipinski definition) is 0. The molecule has 7 heteroatoms. The SMILES string of the molecule is CCOP(=O)(OCC)OC/C=C(\C)C(=O)OC. The zero-order valence-electron chi connectivity index (χ0n) is 10.6. The number of esters is 1. The summed E-state index contributed by atoms with van der Waals surface area (Å²) in [5.74, 6) is -0.462. The summed E-state index contributed by atoms with van der Waals surface area (Å²) in [7, 11) is -2.23. The van der Waals surface area contributed by atoms with Gasteiger partial charge < -0.3 is 4.74 Å². The summed E-state index contributed by atoms with van der Waals surface area (Å²) in [4.78, 5) is 11.0. The van der Waals surface area contributed by atoms with Crippen molar-refractivity contribution in [3.8, 4) is 0 Å². The Hall–Kier alpha value is -0.680. The average molecular weight is 266 g/mol. The number of phosphoric acid groups is 1. The fourth-order valence-corrected chi connectivity index (χ4v) is 2.04. The number of ether oxygens (including phenoxy) is 1. The van der Waals surface area contributed by atoms with E-state index >= 15 is 0 Å². The fraction of sp³-hybridized carbons (Fsp3) is 0.700. The van der Waals surface area contributed by atoms with Crippen LogP contribution < -0.4 is 0 Å². The maximum atomic E-state index is 11.8. The van der Waals surface area contributed by atoms with Gasteiger partial charge in [0.05, 0.1) is 26.9 Å². The lowest BCUT2D eigenvalue weighted by molar-refractivity contribution is -0.136. The molecule has 0 N–H and O–H groups in total. The Bertz CT molecular complexity index is 302. The van der Waals surface area contributed by atoms with Crippen LogP contribution in [0.15, 0.2) is 11.6 Å². The molecule has 0 amide bonds. The van der Waals surface area contributed by atoms with E-state index in [4.69, 9.17) is 13.6 Å². The minimum atomic E-state index is -3.51. The molecule has 17 heavy (non-hydrogen) atoms. The summed E-state index contributed by atoms with van der Waals surface area (Å²) in [6.07, 6.45) is 1.45. The third kappa shape index (κ3) is 6.58. The van der Waals surface area contributed by atoms with Crippen molar-refractivity contribution in [2.75, 3.05) is 26.9 Å². The zero-order valence-corrected chi connectivity index (χ0v) is 11.5. The van der Waals surface area contributed by atoms with Crippen LogP contribution in [0.4, 0.5) is 0 Å². The van der Waals surface area contributed by atoms with Crippen LogP contribution in [0.2, 0.25) is 0 Å². The fourth-order valence-electron chi connectivity index (χ4n) is 0.926. The van der Waals surface area contributed by atoms with Crippen molar-refractivity contribution in [3.05, 3.63) is 11.6 Å². The van der Waals surface area contributed by atoms with Gasteiger partial charge in [-0.05, 0) is 26.8 Å². The highest BCUT2D eigenvalue weighted by Gasteiger charge is 2.24. The monoisotopic (exact) mass is 266 g/mol. The number of methoxy groups -OCH3 is 1. The molecule has 0 aliphatic carbocycles. The molecule has 0 aromatic heterocycles. The summed E-state index contributed by atoms with van der Waals surface area (Å²) in [6, 6.07) is 0. The first-order chi connectivity index (χ1) is 7.99. The van der Waals surface area contributed by atoms with Crippen LogP contribution in [0, 0.1) is 0 Å². The van der Waals surface area contributed by atoms with E-state index in [1.807, 2.05) is 0 Å². The van der Waals surface area contributed by atoms with Gasteiger partial charge >= 0.3 is 13.8 Å². The molecule has 0 unspecified atom stereocenters. The molecule has 6 nitrogen and oxygen atoms in total. The van der Waals surface area contributed by atoms with Gasteiger partial charge in [0, 0.05) is 5.57 Å². The molecule has 0 aliphatic heterocycles. The Kier molecular flexibility index (Phi) is 8.08. The number of phosphoric ester groups is 1. The normalized spacial score (nSPS) is 12.6. The Balaban J connectivity index is 4.32. The lowest BCUT2D eigenvalue weighted by Gasteiger charge is -2.15. The van der Waals surface area contributed by atoms with Crippen molar-refractivity contribution in [2.24, 2.45) is 0 Å². The molecule has 0 aromatic rings. The van der Waals surface area contributed by atoms with E-state index in [9.17, 15) is 9.36 Å². The molecule has 0 aliphatic rings. The van der Waals surface area contributed by atoms with Crippen molar-refractivity contribution >= 4 is 13.8 Å². The Morgan fingerprint density at radius 2 is 1.71 bits per heavy atom. The summed E-state index contributed by atoms with van der Waals surface area (Å²) >= 11 is 0. The van der Waals surface area contributed by atoms with Gasteiger partial charge in [0.25, 0.3) is 0 Å². The van der Waals surface area contributed by atoms with E-state index < -0.39 is 13.8 Å². The Labute approximate surface area is 101 Å². The number of carbonyl (C=O) groups excluding carboxylic acids is 1. The smallest absolute Gasteiger partial charge is 0.466 e. The summed E-state index contributed by atoms with van der Waals surface area (Å²) in [5, 5.41) is 0. The number of rotatable bonds is 8. The van der Waals surface area contributed by atoms with Gasteiger partial charge in [-0.1, -0.05) is 0 Å². The first-order valence-electron chi connectivity index (χ1n) is 5.27. The minimum Gasteiger partial charge on any atom is -0.466 e. The van der Waals surface area contributed by atoms with Crippen LogP contribution in [-0.2, 0) is 27.7 Å². The molecule has 0 aromatic carbocycles. The molecule has 0 bridgehead atoms. The van der Waals surface area contributed by atoms with E-state index in [1.54, 1.807) is 20.8 Å². The van der Waals surface area contributed by atoms with Crippen LogP contribution in [0.1, 0.15) is 20.8 Å². The van der Waals surface area contributed by atoms with Crippen molar-refractivity contribution in [3.63, 3.8) is 0 Å². The summed E-state index contributed by atoms with van der Waals surface area (Å²) < 4.78 is 31.1. The molecule has 0 saturated heterocycles. The second kappa shape index (κ2) is 8.42. The van der Waals surface area contributed by atoms with Crippen molar-refractivity contribution in [1.82, 2.24) is 0 Å². The second-order valence-electron chi connectivity index (χ2n) is 2.96. The molecule has 0 radical (unpaired) electrons. The predicted octanol–water partition coefficient (Wildman–Crippen LogP) is 2.30. The highest BCUT2D eigenvalue weighted by molar-refractivity contribution is 7.48. The highest BCUT2D eigenvalue weighted by Crippen LogP contribution is 2.49. The largest absolute Gasteiger partial charge is 0.475 e. The number of carbonyl (C=O) groups is 1. The summed E-state index contributed by atoms with van der Waals surface area (Å²) in [5.41, 5.74) is 0.368. The lowest BCUT2D eigenvalue weighted by Crippen LogP contribution is -2.04. The van der Waals surface area contributed by atoms with E-state index in [2.05, 4.69) is 4.74 Å². The lowest BCUT2D eigenvalue weighted by atomic mass is 10.3. The molecule has 0 fully saturated rings. The van der Waals surface area contributed by atoms with E-state index in [0.29, 0.717) is 5.57 Å². The highest BCUT2D eigenvalue weighted by atomic mass is 31.2. The van der Waals surface area contributed by atoms with Crippen LogP contribution >= 0.6 is 7.82 Å². The molecule has 0 atom stereocenters. The van der Waals surface area contributed by atoms with E-state index in [0.717, 1.165) is 0 Å². The van der Waals surface area contributed by atoms with Crippen LogP contribution in [0.3, 0.4) is 0 Å². The second-order valence-corrected chi connectivity index (χ2v) is 4.63. The molecule has 100 valence electrons. The van der Waals surface area contributed by atoms with E-state index in [1.165, 1.54) is 13.2 Å². The van der Waals surface area contributed by atoms with Crippen molar-refractivity contribution in [1.29, 1.82) is 0 Å². The van der Waals surface area contributed by atoms with Crippen LogP contribution in [0.25, 0.3) is 0 Å². The minimum absolute atomic E-state index is 0.0434. The van der Waals surface area contributed by atoms with Crippen LogP contribution in [-0.4, -0.2) is 32.9 Å². The third-order valence-electron chi connectivity index (χ3n) is 1.70. The maximum Gasteiger partial charge on any atom is 0.475 e. The van der Waals surface area contributed by atoms with Gasteiger partial charge in [0.1, 0.15) is 0 Å². The Morgan fingerprint density at radius 3 is 2.12 bits per heavy atom. The molecule has 0 spiro atoms. The quantitative estimate of drug-likeness (QED) is 0.381. The van der Waals surface area contributed by atoms with Gasteiger partial charge in [-0.25, -0.2) is 9.36 Å². The summed E-state index contributed by atoms with van der Waals surface area (Å²) in [6.45, 7) is 5.34. The Morgan fingerprint density at radius 1 is 1.18 bits per heavy atom. The van der Waals surface area contributed by atoms with Gasteiger partial charge in [-0.2, -0.15) is 0 Å². The topological polar surface area (TPSA) is 71.1 Å². The third-order valence-corrected chi connectivity index (χ3v) is 3.32. The van der Waals surface area contributed by atoms with Crippen molar-refractivity contribution < 1.29 is 27.7 Å². The standard InChI is InChI=1S/C10H19O6P/c1-5-14-17(12,15-6-2)16-8-7-9(3)10(11)13-4/h7H,5-6,8H2,1-4H3/b9-7+. The zero-order chi connectivity index (χ0) is 13.3. The van der Waals surface area contributed by atoms with Gasteiger partial charge in [0.15, 0.2) is 0 Å². The molecule has 0 rings (SSSR count). The predicted molar refractivity (Wildman–Crippen MR) is 62.6 cm³/mol. The van der Waals surface area contributed by atoms with E-state index in [-0.39, 0.29) is 19.8 Å². The first kappa shape index (κ1) is 16.3. The molecular formula is C10H19O6P. The van der Waals surface area contributed by atoms with Crippen LogP contribution in [0.5, 0.6) is 0 Å². The first-order valence-corrected chi connectivity index (χ1v) is 6.73. The number of hydrogen-bond acceptors (Lipinski definition) is 6. The molecular weight excluding hydrogens is 247 g/mol. The molecule has 0 heterocycles. The average Bonchev–Trinajstić information content (AvgIpc) is 2.28. The van der Waals surface area contributed by atoms with Gasteiger partial charge in [0.2, 0.25) is 0 Å². The van der Waals surface area contributed by atoms with Crippen molar-refractivity contribution in [2.45, 2.75) is 20.8 Å². The van der Waals surface area contributed by atoms with Gasteiger partial charge in [-0.15, -0.1) is 0 Å². The maximum absolute atomic E-state index is 11.8. The van der Waals surface area contributed by atoms with Gasteiger partial charge in [-0.3, -0.25) is 13.6 Å². The molecule has 0 saturated carbocycles.